The van der Waals surface area contributed by atoms with Crippen LogP contribution in [0.2, 0.25) is 5.02 Å². The van der Waals surface area contributed by atoms with Crippen molar-refractivity contribution < 1.29 is 14.3 Å². The Bertz CT molecular complexity index is 719. The fourth-order valence-electron chi connectivity index (χ4n) is 2.12. The van der Waals surface area contributed by atoms with Crippen molar-refractivity contribution in [3.8, 4) is 0 Å². The first-order valence-electron chi connectivity index (χ1n) is 7.85. The van der Waals surface area contributed by atoms with Gasteiger partial charge in [-0.3, -0.25) is 4.79 Å². The summed E-state index contributed by atoms with van der Waals surface area (Å²) in [7, 11) is -2.71. The van der Waals surface area contributed by atoms with E-state index in [2.05, 4.69) is 12.2 Å². The highest BCUT2D eigenvalue weighted by molar-refractivity contribution is 7.45. The van der Waals surface area contributed by atoms with Crippen molar-refractivity contribution in [3.05, 3.63) is 58.6 Å². The van der Waals surface area contributed by atoms with Crippen LogP contribution >= 0.6 is 19.6 Å². The molecule has 128 valence electrons. The van der Waals surface area contributed by atoms with Crippen LogP contribution in [0, 0.1) is 0 Å². The first-order chi connectivity index (χ1) is 11.5. The van der Waals surface area contributed by atoms with E-state index in [0.29, 0.717) is 10.7 Å². The summed E-state index contributed by atoms with van der Waals surface area (Å²) >= 11 is 6.05. The SMILES string of the molecule is CC.CCCc1cc(Cl)cc(NC(=O)c2cccc([P+](=O)[O-])c2)c1. The van der Waals surface area contributed by atoms with Crippen molar-refractivity contribution in [2.24, 2.45) is 0 Å². The van der Waals surface area contributed by atoms with E-state index >= 15 is 0 Å². The summed E-state index contributed by atoms with van der Waals surface area (Å²) in [6.45, 7) is 6.06. The Labute approximate surface area is 148 Å². The van der Waals surface area contributed by atoms with E-state index in [4.69, 9.17) is 11.6 Å². The molecule has 0 spiro atoms. The fraction of sp³-hybridized carbons (Fsp3) is 0.278. The molecule has 0 saturated carbocycles. The number of rotatable bonds is 5. The summed E-state index contributed by atoms with van der Waals surface area (Å²) in [6.07, 6.45) is 1.85. The highest BCUT2D eigenvalue weighted by Gasteiger charge is 2.12. The average Bonchev–Trinajstić information content (AvgIpc) is 2.56. The van der Waals surface area contributed by atoms with Gasteiger partial charge >= 0.3 is 8.03 Å². The molecular formula is C18H21ClNO3P. The Morgan fingerprint density at radius 1 is 1.21 bits per heavy atom. The van der Waals surface area contributed by atoms with E-state index < -0.39 is 8.03 Å². The number of amides is 1. The Kier molecular flexibility index (Phi) is 8.62. The maximum absolute atomic E-state index is 12.2. The molecule has 1 N–H and O–H groups in total. The second kappa shape index (κ2) is 10.2. The van der Waals surface area contributed by atoms with Gasteiger partial charge in [-0.05, 0) is 42.3 Å². The molecular weight excluding hydrogens is 345 g/mol. The van der Waals surface area contributed by atoms with Crippen molar-refractivity contribution in [3.63, 3.8) is 0 Å². The van der Waals surface area contributed by atoms with Gasteiger partial charge in [-0.25, -0.2) is 0 Å². The lowest BCUT2D eigenvalue weighted by Gasteiger charge is -2.08. The third-order valence-corrected chi connectivity index (χ3v) is 3.99. The first kappa shape index (κ1) is 20.3. The Balaban J connectivity index is 0.00000139. The van der Waals surface area contributed by atoms with Gasteiger partial charge in [-0.2, -0.15) is 0 Å². The molecule has 1 amide bonds. The summed E-state index contributed by atoms with van der Waals surface area (Å²) in [5.74, 6) is -0.372. The molecule has 0 radical (unpaired) electrons. The number of benzene rings is 2. The maximum atomic E-state index is 12.2. The smallest absolute Gasteiger partial charge is 0.348 e. The van der Waals surface area contributed by atoms with Gasteiger partial charge in [0, 0.05) is 22.3 Å². The molecule has 4 nitrogen and oxygen atoms in total. The van der Waals surface area contributed by atoms with Crippen LogP contribution in [0.3, 0.4) is 0 Å². The number of anilines is 1. The molecule has 0 fully saturated rings. The Hall–Kier alpha value is -1.74. The zero-order chi connectivity index (χ0) is 18.1. The molecule has 2 aromatic carbocycles. The molecule has 0 bridgehead atoms. The van der Waals surface area contributed by atoms with E-state index in [1.807, 2.05) is 26.0 Å². The highest BCUT2D eigenvalue weighted by Crippen LogP contribution is 2.21. The van der Waals surface area contributed by atoms with Crippen LogP contribution in [0.15, 0.2) is 42.5 Å². The van der Waals surface area contributed by atoms with E-state index in [-0.39, 0.29) is 16.8 Å². The van der Waals surface area contributed by atoms with Crippen molar-refractivity contribution in [1.29, 1.82) is 0 Å². The molecule has 1 atom stereocenters. The van der Waals surface area contributed by atoms with Crippen LogP contribution in [0.5, 0.6) is 0 Å². The first-order valence-corrected chi connectivity index (χ1v) is 9.40. The summed E-state index contributed by atoms with van der Waals surface area (Å²) in [4.78, 5) is 23.2. The second-order valence-corrected chi connectivity index (χ2v) is 6.33. The van der Waals surface area contributed by atoms with Crippen molar-refractivity contribution in [2.45, 2.75) is 33.6 Å². The average molecular weight is 366 g/mol. The van der Waals surface area contributed by atoms with Crippen molar-refractivity contribution >= 4 is 36.5 Å². The van der Waals surface area contributed by atoms with Gasteiger partial charge in [0.15, 0.2) is 5.30 Å². The third kappa shape index (κ3) is 6.04. The van der Waals surface area contributed by atoms with Crippen LogP contribution in [0.4, 0.5) is 5.69 Å². The van der Waals surface area contributed by atoms with Gasteiger partial charge in [0.05, 0.1) is 0 Å². The minimum atomic E-state index is -2.71. The Morgan fingerprint density at radius 3 is 2.54 bits per heavy atom. The zero-order valence-electron chi connectivity index (χ0n) is 14.0. The predicted molar refractivity (Wildman–Crippen MR) is 98.4 cm³/mol. The van der Waals surface area contributed by atoms with Gasteiger partial charge in [0.25, 0.3) is 5.91 Å². The molecule has 24 heavy (non-hydrogen) atoms. The molecule has 2 rings (SSSR count). The molecule has 0 aliphatic heterocycles. The van der Waals surface area contributed by atoms with Gasteiger partial charge in [0.2, 0.25) is 0 Å². The van der Waals surface area contributed by atoms with E-state index in [1.54, 1.807) is 12.1 Å². The number of aryl methyl sites for hydroxylation is 1. The van der Waals surface area contributed by atoms with Gasteiger partial charge in [-0.1, -0.05) is 49.4 Å². The van der Waals surface area contributed by atoms with Gasteiger partial charge in [0.1, 0.15) is 0 Å². The number of halogens is 1. The number of hydrogen-bond acceptors (Lipinski definition) is 3. The summed E-state index contributed by atoms with van der Waals surface area (Å²) < 4.78 is 11.0. The summed E-state index contributed by atoms with van der Waals surface area (Å²) in [5.41, 5.74) is 1.92. The van der Waals surface area contributed by atoms with E-state index in [1.165, 1.54) is 18.2 Å². The van der Waals surface area contributed by atoms with E-state index in [9.17, 15) is 14.3 Å². The normalized spacial score (nSPS) is 10.5. The molecule has 0 aliphatic rings. The van der Waals surface area contributed by atoms with Crippen LogP contribution < -0.4 is 15.5 Å². The minimum absolute atomic E-state index is 0.111. The lowest BCUT2D eigenvalue weighted by molar-refractivity contribution is -0.160. The molecule has 1 unspecified atom stereocenters. The molecule has 0 saturated heterocycles. The van der Waals surface area contributed by atoms with E-state index in [0.717, 1.165) is 18.4 Å². The molecule has 0 aromatic heterocycles. The summed E-state index contributed by atoms with van der Waals surface area (Å²) in [5, 5.41) is 3.41. The third-order valence-electron chi connectivity index (χ3n) is 3.07. The standard InChI is InChI=1S/C16H15ClNO3P.C2H6/c1-2-4-11-7-13(17)10-14(8-11)18-16(19)12-5-3-6-15(9-12)22(20)21;1-2/h3,5-10H,2,4H2,1H3,(H,18,19);1-2H3. The van der Waals surface area contributed by atoms with Crippen LogP contribution in [0.25, 0.3) is 0 Å². The number of carbonyl (C=O) groups is 1. The minimum Gasteiger partial charge on any atom is -0.591 e. The Morgan fingerprint density at radius 2 is 1.92 bits per heavy atom. The van der Waals surface area contributed by atoms with Crippen LogP contribution in [-0.4, -0.2) is 5.91 Å². The largest absolute Gasteiger partial charge is 0.591 e. The number of nitrogens with one attached hydrogen (secondary N) is 1. The highest BCUT2D eigenvalue weighted by atomic mass is 35.5. The predicted octanol–water partition coefficient (Wildman–Crippen LogP) is 4.30. The van der Waals surface area contributed by atoms with Crippen LogP contribution in [0.1, 0.15) is 43.1 Å². The van der Waals surface area contributed by atoms with Gasteiger partial charge in [-0.15, -0.1) is 0 Å². The maximum Gasteiger partial charge on any atom is 0.348 e. The molecule has 0 aliphatic carbocycles. The van der Waals surface area contributed by atoms with Crippen molar-refractivity contribution in [2.75, 3.05) is 5.32 Å². The van der Waals surface area contributed by atoms with Crippen LogP contribution in [-0.2, 0) is 11.0 Å². The quantitative estimate of drug-likeness (QED) is 0.803. The molecule has 2 aromatic rings. The van der Waals surface area contributed by atoms with Gasteiger partial charge < -0.3 is 10.2 Å². The van der Waals surface area contributed by atoms with Crippen molar-refractivity contribution in [1.82, 2.24) is 0 Å². The number of hydrogen-bond donors (Lipinski definition) is 1. The fourth-order valence-corrected chi connectivity index (χ4v) is 2.83. The lowest BCUT2D eigenvalue weighted by atomic mass is 10.1. The monoisotopic (exact) mass is 365 g/mol. The molecule has 6 heteroatoms. The zero-order valence-corrected chi connectivity index (χ0v) is 15.7. The molecule has 0 heterocycles. The lowest BCUT2D eigenvalue weighted by Crippen LogP contribution is -2.15. The second-order valence-electron chi connectivity index (χ2n) is 4.86. The summed E-state index contributed by atoms with van der Waals surface area (Å²) in [6, 6.07) is 11.3. The number of carbonyl (C=O) groups excluding carboxylic acids is 1. The topological polar surface area (TPSA) is 69.2 Å².